The fraction of sp³-hybridized carbons (Fsp3) is 0.545. The third-order valence-electron chi connectivity index (χ3n) is 2.65. The van der Waals surface area contributed by atoms with E-state index in [2.05, 4.69) is 15.3 Å². The summed E-state index contributed by atoms with van der Waals surface area (Å²) < 4.78 is 5.35. The van der Waals surface area contributed by atoms with Crippen molar-refractivity contribution >= 4 is 11.9 Å². The highest BCUT2D eigenvalue weighted by molar-refractivity contribution is 5.72. The van der Waals surface area contributed by atoms with Gasteiger partial charge in [0.25, 0.3) is 0 Å². The number of hydrogen-bond acceptors (Lipinski definition) is 5. The van der Waals surface area contributed by atoms with E-state index < -0.39 is 12.1 Å². The summed E-state index contributed by atoms with van der Waals surface area (Å²) in [7, 11) is 0. The van der Waals surface area contributed by atoms with Gasteiger partial charge in [0, 0.05) is 18.9 Å². The fourth-order valence-electron chi connectivity index (χ4n) is 1.73. The molecule has 0 aliphatic carbocycles. The van der Waals surface area contributed by atoms with Crippen LogP contribution in [0.5, 0.6) is 0 Å². The van der Waals surface area contributed by atoms with E-state index in [0.717, 1.165) is 12.0 Å². The van der Waals surface area contributed by atoms with Gasteiger partial charge in [0.05, 0.1) is 6.10 Å². The summed E-state index contributed by atoms with van der Waals surface area (Å²) in [6.45, 7) is 2.45. The molecule has 0 bridgehead atoms. The maximum absolute atomic E-state index is 10.7. The minimum Gasteiger partial charge on any atom is -0.479 e. The highest BCUT2D eigenvalue weighted by atomic mass is 16.5. The normalized spacial score (nSPS) is 23.6. The second-order valence-corrected chi connectivity index (χ2v) is 4.13. The molecule has 0 radical (unpaired) electrons. The van der Waals surface area contributed by atoms with Gasteiger partial charge in [0.1, 0.15) is 0 Å². The van der Waals surface area contributed by atoms with Gasteiger partial charge in [-0.25, -0.2) is 14.8 Å². The molecule has 6 nitrogen and oxygen atoms in total. The number of carbonyl (C=O) groups is 1. The van der Waals surface area contributed by atoms with Crippen molar-refractivity contribution in [1.82, 2.24) is 9.97 Å². The van der Waals surface area contributed by atoms with Crippen LogP contribution in [0.1, 0.15) is 18.4 Å². The summed E-state index contributed by atoms with van der Waals surface area (Å²) in [5.74, 6) is -0.350. The average molecular weight is 237 g/mol. The molecule has 92 valence electrons. The topological polar surface area (TPSA) is 84.3 Å². The molecule has 1 aliphatic rings. The van der Waals surface area contributed by atoms with Crippen LogP contribution in [0.25, 0.3) is 0 Å². The first-order valence-corrected chi connectivity index (χ1v) is 5.56. The standard InChI is InChI=1S/C11H15N3O3/c1-7-4-12-11(13-5-7)14-6-8-2-3-9(17-8)10(15)16/h4-5,8-9H,2-3,6H2,1H3,(H,15,16)(H,12,13,14). The monoisotopic (exact) mass is 237 g/mol. The van der Waals surface area contributed by atoms with E-state index in [1.54, 1.807) is 12.4 Å². The lowest BCUT2D eigenvalue weighted by Crippen LogP contribution is -2.25. The van der Waals surface area contributed by atoms with Gasteiger partial charge < -0.3 is 15.2 Å². The number of carboxylic acid groups (broad SMARTS) is 1. The molecule has 2 rings (SSSR count). The van der Waals surface area contributed by atoms with Crippen molar-refractivity contribution in [3.8, 4) is 0 Å². The molecule has 0 spiro atoms. The Bertz CT molecular complexity index is 393. The number of ether oxygens (including phenoxy) is 1. The van der Waals surface area contributed by atoms with E-state index in [1.165, 1.54) is 0 Å². The molecule has 2 atom stereocenters. The van der Waals surface area contributed by atoms with Gasteiger partial charge in [0.15, 0.2) is 6.10 Å². The number of carboxylic acids is 1. The Morgan fingerprint density at radius 1 is 1.53 bits per heavy atom. The first-order valence-electron chi connectivity index (χ1n) is 5.56. The van der Waals surface area contributed by atoms with Gasteiger partial charge in [-0.15, -0.1) is 0 Å². The van der Waals surface area contributed by atoms with Crippen molar-refractivity contribution in [3.63, 3.8) is 0 Å². The molecule has 1 aromatic rings. The van der Waals surface area contributed by atoms with Crippen molar-refractivity contribution in [3.05, 3.63) is 18.0 Å². The Morgan fingerprint density at radius 2 is 2.24 bits per heavy atom. The molecule has 0 saturated carbocycles. The van der Waals surface area contributed by atoms with E-state index in [-0.39, 0.29) is 6.10 Å². The van der Waals surface area contributed by atoms with Gasteiger partial charge in [0.2, 0.25) is 5.95 Å². The molecule has 6 heteroatoms. The number of hydrogen-bond donors (Lipinski definition) is 2. The van der Waals surface area contributed by atoms with E-state index in [1.807, 2.05) is 6.92 Å². The van der Waals surface area contributed by atoms with E-state index in [9.17, 15) is 4.79 Å². The molecule has 0 aromatic carbocycles. The summed E-state index contributed by atoms with van der Waals surface area (Å²) in [6, 6.07) is 0. The van der Waals surface area contributed by atoms with Gasteiger partial charge in [-0.2, -0.15) is 0 Å². The SMILES string of the molecule is Cc1cnc(NCC2CCC(C(=O)O)O2)nc1. The van der Waals surface area contributed by atoms with Crippen LogP contribution in [0.2, 0.25) is 0 Å². The maximum Gasteiger partial charge on any atom is 0.332 e. The van der Waals surface area contributed by atoms with Gasteiger partial charge in [-0.05, 0) is 25.3 Å². The van der Waals surface area contributed by atoms with Crippen LogP contribution >= 0.6 is 0 Å². The van der Waals surface area contributed by atoms with Crippen molar-refractivity contribution < 1.29 is 14.6 Å². The van der Waals surface area contributed by atoms with Crippen molar-refractivity contribution in [2.75, 3.05) is 11.9 Å². The third kappa shape index (κ3) is 3.13. The first kappa shape index (κ1) is 11.8. The molecular formula is C11H15N3O3. The van der Waals surface area contributed by atoms with Crippen LogP contribution in [0.4, 0.5) is 5.95 Å². The van der Waals surface area contributed by atoms with Crippen molar-refractivity contribution in [2.45, 2.75) is 32.0 Å². The number of aliphatic carboxylic acids is 1. The minimum atomic E-state index is -0.890. The highest BCUT2D eigenvalue weighted by Crippen LogP contribution is 2.19. The molecule has 1 aliphatic heterocycles. The van der Waals surface area contributed by atoms with Gasteiger partial charge in [-0.3, -0.25) is 0 Å². The number of aryl methyl sites for hydroxylation is 1. The number of anilines is 1. The van der Waals surface area contributed by atoms with Crippen molar-refractivity contribution in [2.24, 2.45) is 0 Å². The lowest BCUT2D eigenvalue weighted by molar-refractivity contribution is -0.149. The second kappa shape index (κ2) is 5.09. The number of aromatic nitrogens is 2. The Morgan fingerprint density at radius 3 is 2.82 bits per heavy atom. The molecule has 0 amide bonds. The van der Waals surface area contributed by atoms with E-state index >= 15 is 0 Å². The zero-order valence-corrected chi connectivity index (χ0v) is 9.59. The number of nitrogens with one attached hydrogen (secondary N) is 1. The largest absolute Gasteiger partial charge is 0.479 e. The van der Waals surface area contributed by atoms with Crippen LogP contribution in [-0.2, 0) is 9.53 Å². The van der Waals surface area contributed by atoms with Crippen LogP contribution in [0, 0.1) is 6.92 Å². The highest BCUT2D eigenvalue weighted by Gasteiger charge is 2.30. The lowest BCUT2D eigenvalue weighted by atomic mass is 10.2. The smallest absolute Gasteiger partial charge is 0.332 e. The molecule has 2 N–H and O–H groups in total. The molecule has 1 aromatic heterocycles. The number of nitrogens with zero attached hydrogens (tertiary/aromatic N) is 2. The third-order valence-corrected chi connectivity index (χ3v) is 2.65. The molecule has 2 heterocycles. The Hall–Kier alpha value is -1.69. The minimum absolute atomic E-state index is 0.0824. The second-order valence-electron chi connectivity index (χ2n) is 4.13. The van der Waals surface area contributed by atoms with E-state index in [4.69, 9.17) is 9.84 Å². The quantitative estimate of drug-likeness (QED) is 0.806. The van der Waals surface area contributed by atoms with Crippen LogP contribution in [0.15, 0.2) is 12.4 Å². The molecule has 1 saturated heterocycles. The summed E-state index contributed by atoms with van der Waals surface area (Å²) >= 11 is 0. The summed E-state index contributed by atoms with van der Waals surface area (Å²) in [5.41, 5.74) is 0.999. The van der Waals surface area contributed by atoms with Crippen LogP contribution in [-0.4, -0.2) is 39.8 Å². The predicted octanol–water partition coefficient (Wildman–Crippen LogP) is 0.829. The van der Waals surface area contributed by atoms with Crippen molar-refractivity contribution in [1.29, 1.82) is 0 Å². The van der Waals surface area contributed by atoms with Gasteiger partial charge in [-0.1, -0.05) is 0 Å². The summed E-state index contributed by atoms with van der Waals surface area (Å²) in [6.07, 6.45) is 4.02. The first-order chi connectivity index (χ1) is 8.15. The van der Waals surface area contributed by atoms with Gasteiger partial charge >= 0.3 is 5.97 Å². The molecule has 2 unspecified atom stereocenters. The Kier molecular flexibility index (Phi) is 3.53. The molecule has 17 heavy (non-hydrogen) atoms. The number of rotatable bonds is 4. The fourth-order valence-corrected chi connectivity index (χ4v) is 1.73. The zero-order valence-electron chi connectivity index (χ0n) is 9.59. The average Bonchev–Trinajstić information content (AvgIpc) is 2.77. The molecular weight excluding hydrogens is 222 g/mol. The lowest BCUT2D eigenvalue weighted by Gasteiger charge is -2.11. The Labute approximate surface area is 99.0 Å². The Balaban J connectivity index is 1.80. The zero-order chi connectivity index (χ0) is 12.3. The van der Waals surface area contributed by atoms with Crippen LogP contribution < -0.4 is 5.32 Å². The summed E-state index contributed by atoms with van der Waals surface area (Å²) in [5, 5.41) is 11.8. The maximum atomic E-state index is 10.7. The predicted molar refractivity (Wildman–Crippen MR) is 60.8 cm³/mol. The summed E-state index contributed by atoms with van der Waals surface area (Å²) in [4.78, 5) is 18.9. The molecule has 1 fully saturated rings. The van der Waals surface area contributed by atoms with Crippen LogP contribution in [0.3, 0.4) is 0 Å². The van der Waals surface area contributed by atoms with E-state index in [0.29, 0.717) is 18.9 Å².